The van der Waals surface area contributed by atoms with Crippen molar-refractivity contribution in [1.82, 2.24) is 0 Å². The molecular formula is C68H132O17P2. The highest BCUT2D eigenvalue weighted by molar-refractivity contribution is 7.47. The Morgan fingerprint density at radius 1 is 0.333 bits per heavy atom. The Morgan fingerprint density at radius 2 is 0.586 bits per heavy atom. The van der Waals surface area contributed by atoms with Crippen LogP contribution in [0.1, 0.15) is 343 Å². The van der Waals surface area contributed by atoms with Crippen LogP contribution in [0.5, 0.6) is 0 Å². The highest BCUT2D eigenvalue weighted by atomic mass is 31.2. The maximum Gasteiger partial charge on any atom is 0.472 e. The summed E-state index contributed by atoms with van der Waals surface area (Å²) in [6.07, 6.45) is 44.7. The van der Waals surface area contributed by atoms with Gasteiger partial charge in [-0.3, -0.25) is 37.3 Å². The van der Waals surface area contributed by atoms with E-state index >= 15 is 0 Å². The molecule has 516 valence electrons. The minimum absolute atomic E-state index is 0.104. The van der Waals surface area contributed by atoms with Gasteiger partial charge >= 0.3 is 39.5 Å². The molecule has 0 heterocycles. The number of carbonyl (C=O) groups is 4. The lowest BCUT2D eigenvalue weighted by Crippen LogP contribution is -2.30. The molecule has 0 fully saturated rings. The van der Waals surface area contributed by atoms with Gasteiger partial charge in [-0.2, -0.15) is 0 Å². The van der Waals surface area contributed by atoms with Crippen LogP contribution in [-0.2, 0) is 65.4 Å². The lowest BCUT2D eigenvalue weighted by Gasteiger charge is -2.21. The largest absolute Gasteiger partial charge is 0.472 e. The summed E-state index contributed by atoms with van der Waals surface area (Å²) in [5.74, 6) is -0.591. The van der Waals surface area contributed by atoms with E-state index in [2.05, 4.69) is 41.5 Å². The number of aliphatic hydroxyl groups excluding tert-OH is 1. The fraction of sp³-hybridized carbons (Fsp3) is 0.941. The van der Waals surface area contributed by atoms with Crippen LogP contribution in [0.15, 0.2) is 0 Å². The van der Waals surface area contributed by atoms with Crippen LogP contribution in [0.2, 0.25) is 0 Å². The van der Waals surface area contributed by atoms with Crippen LogP contribution in [0.4, 0.5) is 0 Å². The van der Waals surface area contributed by atoms with Gasteiger partial charge in [-0.05, 0) is 37.5 Å². The van der Waals surface area contributed by atoms with Crippen LogP contribution >= 0.6 is 15.6 Å². The number of aliphatic hydroxyl groups is 1. The van der Waals surface area contributed by atoms with Crippen LogP contribution < -0.4 is 0 Å². The van der Waals surface area contributed by atoms with E-state index in [1.807, 2.05) is 0 Å². The third kappa shape index (κ3) is 61.3. The Labute approximate surface area is 530 Å². The van der Waals surface area contributed by atoms with Crippen molar-refractivity contribution in [3.05, 3.63) is 0 Å². The van der Waals surface area contributed by atoms with E-state index in [1.165, 1.54) is 154 Å². The summed E-state index contributed by atoms with van der Waals surface area (Å²) in [6, 6.07) is 0. The van der Waals surface area contributed by atoms with E-state index in [9.17, 15) is 43.2 Å². The van der Waals surface area contributed by atoms with E-state index in [1.54, 1.807) is 0 Å². The molecule has 0 saturated carbocycles. The SMILES string of the molecule is CCCCCCCCCCCCCCCCCC(=O)OC[C@H](COP(=O)(O)OC[C@@H](O)COP(=O)(O)OC[C@@H](COC(=O)CCCCCCC)OC(=O)CCCCCCCCCCC(C)CC)OC(=O)CCCCCCCCCCCCCCC(C)C. The molecule has 17 nitrogen and oxygen atoms in total. The second-order valence-corrected chi connectivity index (χ2v) is 28.2. The summed E-state index contributed by atoms with van der Waals surface area (Å²) >= 11 is 0. The Bertz CT molecular complexity index is 1700. The molecular weight excluding hydrogens is 1150 g/mol. The molecule has 6 atom stereocenters. The van der Waals surface area contributed by atoms with Crippen molar-refractivity contribution in [1.29, 1.82) is 0 Å². The van der Waals surface area contributed by atoms with E-state index in [-0.39, 0.29) is 25.7 Å². The summed E-state index contributed by atoms with van der Waals surface area (Å²) in [5, 5.41) is 10.5. The molecule has 0 aromatic heterocycles. The second-order valence-electron chi connectivity index (χ2n) is 25.3. The number of hydrogen-bond acceptors (Lipinski definition) is 15. The van der Waals surface area contributed by atoms with Gasteiger partial charge in [-0.15, -0.1) is 0 Å². The van der Waals surface area contributed by atoms with Crippen LogP contribution in [0.25, 0.3) is 0 Å². The average Bonchev–Trinajstić information content (AvgIpc) is 3.60. The predicted molar refractivity (Wildman–Crippen MR) is 349 cm³/mol. The Morgan fingerprint density at radius 3 is 0.874 bits per heavy atom. The van der Waals surface area contributed by atoms with Crippen LogP contribution in [0.3, 0.4) is 0 Å². The van der Waals surface area contributed by atoms with E-state index in [4.69, 9.17) is 37.0 Å². The molecule has 3 N–H and O–H groups in total. The standard InChI is InChI=1S/C68H132O17P2/c1-7-10-12-14-15-16-17-18-19-20-24-27-33-39-45-51-66(71)79-57-64(85-67(72)52-46-40-34-28-25-22-21-23-26-31-37-42-48-60(4)5)59-83-87(76,77)81-55-62(69)54-80-86(74,75)82-58-63(56-78-65(70)50-44-36-13-11-8-2)84-68(73)53-47-41-35-30-29-32-38-43-49-61(6)9-3/h60-64,69H,7-59H2,1-6H3,(H,74,75)(H,76,77)/t61?,62-,63+,64+/m0/s1. The van der Waals surface area contributed by atoms with Crippen molar-refractivity contribution in [3.63, 3.8) is 0 Å². The molecule has 0 aliphatic rings. The van der Waals surface area contributed by atoms with Gasteiger partial charge in [-0.1, -0.05) is 292 Å². The molecule has 87 heavy (non-hydrogen) atoms. The molecule has 19 heteroatoms. The molecule has 0 rings (SSSR count). The molecule has 3 unspecified atom stereocenters. The van der Waals surface area contributed by atoms with Crippen molar-refractivity contribution >= 4 is 39.5 Å². The number of ether oxygens (including phenoxy) is 4. The smallest absolute Gasteiger partial charge is 0.462 e. The molecule has 0 amide bonds. The fourth-order valence-corrected chi connectivity index (χ4v) is 11.8. The van der Waals surface area contributed by atoms with E-state index < -0.39 is 97.5 Å². The molecule has 0 aliphatic heterocycles. The summed E-state index contributed by atoms with van der Waals surface area (Å²) in [5.41, 5.74) is 0. The summed E-state index contributed by atoms with van der Waals surface area (Å²) < 4.78 is 68.0. The zero-order chi connectivity index (χ0) is 64.3. The maximum atomic E-state index is 13.0. The van der Waals surface area contributed by atoms with Crippen molar-refractivity contribution in [3.8, 4) is 0 Å². The van der Waals surface area contributed by atoms with Gasteiger partial charge in [0.1, 0.15) is 19.3 Å². The highest BCUT2D eigenvalue weighted by Crippen LogP contribution is 2.45. The Hall–Kier alpha value is -1.94. The predicted octanol–water partition coefficient (Wildman–Crippen LogP) is 19.2. The Kier molecular flexibility index (Phi) is 59.0. The van der Waals surface area contributed by atoms with Crippen molar-refractivity contribution in [2.75, 3.05) is 39.6 Å². The summed E-state index contributed by atoms with van der Waals surface area (Å²) in [7, 11) is -9.89. The molecule has 0 aliphatic carbocycles. The maximum absolute atomic E-state index is 13.0. The van der Waals surface area contributed by atoms with Gasteiger partial charge in [-0.25, -0.2) is 9.13 Å². The van der Waals surface area contributed by atoms with E-state index in [0.29, 0.717) is 25.7 Å². The number of rotatable bonds is 67. The molecule has 0 bridgehead atoms. The lowest BCUT2D eigenvalue weighted by atomic mass is 9.99. The lowest BCUT2D eigenvalue weighted by molar-refractivity contribution is -0.161. The first-order valence-electron chi connectivity index (χ1n) is 35.5. The van der Waals surface area contributed by atoms with Crippen LogP contribution in [0, 0.1) is 11.8 Å². The molecule has 0 aromatic carbocycles. The minimum atomic E-state index is -4.95. The topological polar surface area (TPSA) is 237 Å². The van der Waals surface area contributed by atoms with Crippen molar-refractivity contribution < 1.29 is 80.2 Å². The monoisotopic (exact) mass is 1280 g/mol. The summed E-state index contributed by atoms with van der Waals surface area (Å²) in [4.78, 5) is 72.2. The fourth-order valence-electron chi connectivity index (χ4n) is 10.2. The molecule has 0 spiro atoms. The first-order valence-corrected chi connectivity index (χ1v) is 38.5. The molecule has 0 radical (unpaired) electrons. The number of phosphoric acid groups is 2. The number of carbonyl (C=O) groups excluding carboxylic acids is 4. The van der Waals surface area contributed by atoms with Crippen molar-refractivity contribution in [2.45, 2.75) is 362 Å². The van der Waals surface area contributed by atoms with Gasteiger partial charge in [0.25, 0.3) is 0 Å². The highest BCUT2D eigenvalue weighted by Gasteiger charge is 2.30. The third-order valence-electron chi connectivity index (χ3n) is 16.1. The minimum Gasteiger partial charge on any atom is -0.462 e. The zero-order valence-electron chi connectivity index (χ0n) is 56.3. The zero-order valence-corrected chi connectivity index (χ0v) is 58.1. The quantitative estimate of drug-likeness (QED) is 0.0222. The number of esters is 4. The Balaban J connectivity index is 5.17. The van der Waals surface area contributed by atoms with Gasteiger partial charge in [0.15, 0.2) is 12.2 Å². The average molecular weight is 1280 g/mol. The van der Waals surface area contributed by atoms with Gasteiger partial charge < -0.3 is 33.8 Å². The number of unbranched alkanes of at least 4 members (excludes halogenated alkanes) is 36. The molecule has 0 aromatic rings. The normalized spacial score (nSPS) is 14.5. The van der Waals surface area contributed by atoms with Crippen LogP contribution in [-0.4, -0.2) is 96.7 Å². The molecule has 0 saturated heterocycles. The van der Waals surface area contributed by atoms with Gasteiger partial charge in [0.05, 0.1) is 26.4 Å². The van der Waals surface area contributed by atoms with Crippen molar-refractivity contribution in [2.24, 2.45) is 11.8 Å². The second kappa shape index (κ2) is 60.3. The first-order chi connectivity index (χ1) is 41.9. The first kappa shape index (κ1) is 85.1. The number of hydrogen-bond donors (Lipinski definition) is 3. The summed E-state index contributed by atoms with van der Waals surface area (Å²) in [6.45, 7) is 9.45. The van der Waals surface area contributed by atoms with Gasteiger partial charge in [0.2, 0.25) is 0 Å². The number of phosphoric ester groups is 2. The van der Waals surface area contributed by atoms with E-state index in [0.717, 1.165) is 108 Å². The third-order valence-corrected chi connectivity index (χ3v) is 18.0. The van der Waals surface area contributed by atoms with Gasteiger partial charge in [0, 0.05) is 25.7 Å².